The Labute approximate surface area is 105 Å². The molecule has 0 aliphatic carbocycles. The molecule has 0 atom stereocenters. The van der Waals surface area contributed by atoms with Crippen molar-refractivity contribution >= 4 is 50.7 Å². The van der Waals surface area contributed by atoms with E-state index < -0.39 is 5.91 Å². The maximum atomic E-state index is 11.1. The zero-order valence-electron chi connectivity index (χ0n) is 7.35. The molecular formula is C9H5BrCl2N2O. The Bertz CT molecular complexity index is 442. The number of hydrogen-bond acceptors (Lipinski definition) is 2. The number of rotatable bonds is 2. The van der Waals surface area contributed by atoms with Gasteiger partial charge in [0, 0.05) is 9.50 Å². The number of halogens is 3. The zero-order chi connectivity index (χ0) is 11.4. The number of nitriles is 1. The number of nitrogens with zero attached hydrogens (tertiary/aromatic N) is 1. The van der Waals surface area contributed by atoms with E-state index in [1.54, 1.807) is 12.1 Å². The monoisotopic (exact) mass is 306 g/mol. The Morgan fingerprint density at radius 2 is 2.20 bits per heavy atom. The van der Waals surface area contributed by atoms with Gasteiger partial charge in [0.2, 0.25) is 5.91 Å². The highest BCUT2D eigenvalue weighted by atomic mass is 79.9. The first-order chi connectivity index (χ1) is 7.04. The first-order valence-electron chi connectivity index (χ1n) is 3.86. The molecule has 0 aliphatic heterocycles. The third kappa shape index (κ3) is 3.38. The summed E-state index contributed by atoms with van der Waals surface area (Å²) in [6, 6.07) is 4.87. The molecule has 78 valence electrons. The molecule has 3 nitrogen and oxygen atoms in total. The van der Waals surface area contributed by atoms with Crippen molar-refractivity contribution in [3.05, 3.63) is 26.7 Å². The van der Waals surface area contributed by atoms with Crippen LogP contribution in [0, 0.1) is 11.3 Å². The van der Waals surface area contributed by atoms with Gasteiger partial charge in [-0.3, -0.25) is 4.79 Å². The highest BCUT2D eigenvalue weighted by Gasteiger charge is 2.09. The van der Waals surface area contributed by atoms with Crippen LogP contribution in [0.25, 0.3) is 0 Å². The molecule has 0 radical (unpaired) electrons. The van der Waals surface area contributed by atoms with Crippen molar-refractivity contribution in [2.45, 2.75) is 6.42 Å². The Morgan fingerprint density at radius 1 is 1.53 bits per heavy atom. The normalized spacial score (nSPS) is 9.47. The maximum absolute atomic E-state index is 11.1. The number of carbonyl (C=O) groups excluding carboxylic acids is 1. The molecule has 15 heavy (non-hydrogen) atoms. The van der Waals surface area contributed by atoms with Crippen molar-refractivity contribution in [1.29, 1.82) is 5.26 Å². The molecule has 0 unspecified atom stereocenters. The molecule has 1 aromatic carbocycles. The lowest BCUT2D eigenvalue weighted by Crippen LogP contribution is -2.10. The van der Waals surface area contributed by atoms with Gasteiger partial charge in [-0.2, -0.15) is 5.26 Å². The van der Waals surface area contributed by atoms with Gasteiger partial charge in [-0.05, 0) is 28.1 Å². The van der Waals surface area contributed by atoms with Gasteiger partial charge in [-0.25, -0.2) is 0 Å². The van der Waals surface area contributed by atoms with Crippen LogP contribution in [0.5, 0.6) is 0 Å². The highest BCUT2D eigenvalue weighted by Crippen LogP contribution is 2.33. The van der Waals surface area contributed by atoms with Gasteiger partial charge in [0.25, 0.3) is 0 Å². The van der Waals surface area contributed by atoms with E-state index >= 15 is 0 Å². The molecule has 0 spiro atoms. The number of amides is 1. The molecule has 0 aliphatic rings. The van der Waals surface area contributed by atoms with Gasteiger partial charge >= 0.3 is 0 Å². The minimum absolute atomic E-state index is 0.222. The maximum Gasteiger partial charge on any atom is 0.238 e. The first kappa shape index (κ1) is 12.3. The van der Waals surface area contributed by atoms with Crippen LogP contribution in [0.15, 0.2) is 16.6 Å². The smallest absolute Gasteiger partial charge is 0.238 e. The zero-order valence-corrected chi connectivity index (χ0v) is 10.4. The second-order valence-electron chi connectivity index (χ2n) is 2.63. The molecule has 1 rings (SSSR count). The van der Waals surface area contributed by atoms with E-state index in [1.807, 2.05) is 0 Å². The molecule has 1 amide bonds. The topological polar surface area (TPSA) is 52.9 Å². The summed E-state index contributed by atoms with van der Waals surface area (Å²) in [5, 5.41) is 11.6. The average molecular weight is 308 g/mol. The summed E-state index contributed by atoms with van der Waals surface area (Å²) in [7, 11) is 0. The first-order valence-corrected chi connectivity index (χ1v) is 5.41. The number of nitrogens with one attached hydrogen (secondary N) is 1. The second kappa shape index (κ2) is 5.36. The number of carbonyl (C=O) groups is 1. The van der Waals surface area contributed by atoms with Crippen LogP contribution in [-0.2, 0) is 4.79 Å². The van der Waals surface area contributed by atoms with E-state index in [2.05, 4.69) is 21.2 Å². The Hall–Kier alpha value is -0.760. The van der Waals surface area contributed by atoms with Crippen molar-refractivity contribution in [2.24, 2.45) is 0 Å². The lowest BCUT2D eigenvalue weighted by Gasteiger charge is -2.07. The molecule has 6 heteroatoms. The molecule has 0 fully saturated rings. The fourth-order valence-electron chi connectivity index (χ4n) is 0.913. The summed E-state index contributed by atoms with van der Waals surface area (Å²) in [5.41, 5.74) is 0.385. The van der Waals surface area contributed by atoms with E-state index in [-0.39, 0.29) is 6.42 Å². The van der Waals surface area contributed by atoms with Gasteiger partial charge in [0.05, 0.1) is 16.8 Å². The summed E-state index contributed by atoms with van der Waals surface area (Å²) in [6.07, 6.45) is -0.222. The molecule has 0 bridgehead atoms. The lowest BCUT2D eigenvalue weighted by atomic mass is 10.3. The molecule has 1 aromatic rings. The second-order valence-corrected chi connectivity index (χ2v) is 4.30. The van der Waals surface area contributed by atoms with Crippen LogP contribution >= 0.6 is 39.1 Å². The summed E-state index contributed by atoms with van der Waals surface area (Å²) < 4.78 is 0.587. The Balaban J connectivity index is 2.95. The molecule has 0 aromatic heterocycles. The minimum Gasteiger partial charge on any atom is -0.324 e. The summed E-state index contributed by atoms with van der Waals surface area (Å²) in [4.78, 5) is 11.1. The van der Waals surface area contributed by atoms with Crippen LogP contribution in [0.4, 0.5) is 5.69 Å². The number of hydrogen-bond donors (Lipinski definition) is 1. The van der Waals surface area contributed by atoms with Crippen molar-refractivity contribution in [3.8, 4) is 6.07 Å². The third-order valence-electron chi connectivity index (χ3n) is 1.51. The quantitative estimate of drug-likeness (QED) is 0.849. The standard InChI is InChI=1S/C9H5BrCl2N2O/c10-6-3-5(11)4-7(9(6)12)14-8(15)1-2-13/h3-4H,1H2,(H,14,15). The fraction of sp³-hybridized carbons (Fsp3) is 0.111. The average Bonchev–Trinajstić information content (AvgIpc) is 2.13. The van der Waals surface area contributed by atoms with Crippen LogP contribution in [0.1, 0.15) is 6.42 Å². The van der Waals surface area contributed by atoms with E-state index in [9.17, 15) is 4.79 Å². The van der Waals surface area contributed by atoms with Gasteiger partial charge in [0.15, 0.2) is 0 Å². The van der Waals surface area contributed by atoms with Crippen LogP contribution in [0.2, 0.25) is 10.0 Å². The molecule has 0 saturated carbocycles. The SMILES string of the molecule is N#CCC(=O)Nc1cc(Cl)cc(Br)c1Cl. The Kier molecular flexibility index (Phi) is 4.40. The predicted molar refractivity (Wildman–Crippen MR) is 63.0 cm³/mol. The lowest BCUT2D eigenvalue weighted by molar-refractivity contribution is -0.115. The number of anilines is 1. The van der Waals surface area contributed by atoms with Gasteiger partial charge in [-0.15, -0.1) is 0 Å². The van der Waals surface area contributed by atoms with Crippen LogP contribution in [0.3, 0.4) is 0 Å². The summed E-state index contributed by atoms with van der Waals surface area (Å²) in [5.74, 6) is -0.423. The van der Waals surface area contributed by atoms with Crippen molar-refractivity contribution in [2.75, 3.05) is 5.32 Å². The third-order valence-corrected chi connectivity index (χ3v) is 2.99. The van der Waals surface area contributed by atoms with Gasteiger partial charge < -0.3 is 5.32 Å². The van der Waals surface area contributed by atoms with Crippen LogP contribution < -0.4 is 5.32 Å². The molecule has 0 heterocycles. The van der Waals surface area contributed by atoms with E-state index in [0.29, 0.717) is 20.2 Å². The van der Waals surface area contributed by atoms with Gasteiger partial charge in [-0.1, -0.05) is 23.2 Å². The van der Waals surface area contributed by atoms with E-state index in [0.717, 1.165) is 0 Å². The molecule has 1 N–H and O–H groups in total. The van der Waals surface area contributed by atoms with E-state index in [1.165, 1.54) is 6.07 Å². The number of benzene rings is 1. The largest absolute Gasteiger partial charge is 0.324 e. The minimum atomic E-state index is -0.423. The predicted octanol–water partition coefficient (Wildman–Crippen LogP) is 3.61. The van der Waals surface area contributed by atoms with Crippen molar-refractivity contribution < 1.29 is 4.79 Å². The Morgan fingerprint density at radius 3 is 2.80 bits per heavy atom. The van der Waals surface area contributed by atoms with Gasteiger partial charge in [0.1, 0.15) is 6.42 Å². The molecule has 0 saturated heterocycles. The van der Waals surface area contributed by atoms with Crippen LogP contribution in [-0.4, -0.2) is 5.91 Å². The molecular weight excluding hydrogens is 303 g/mol. The fourth-order valence-corrected chi connectivity index (χ4v) is 1.88. The highest BCUT2D eigenvalue weighted by molar-refractivity contribution is 9.10. The van der Waals surface area contributed by atoms with Crippen molar-refractivity contribution in [1.82, 2.24) is 0 Å². The van der Waals surface area contributed by atoms with E-state index in [4.69, 9.17) is 28.5 Å². The summed E-state index contributed by atoms with van der Waals surface area (Å²) in [6.45, 7) is 0. The summed E-state index contributed by atoms with van der Waals surface area (Å²) >= 11 is 14.9. The van der Waals surface area contributed by atoms with Crippen molar-refractivity contribution in [3.63, 3.8) is 0 Å².